The van der Waals surface area contributed by atoms with E-state index in [4.69, 9.17) is 4.74 Å². The van der Waals surface area contributed by atoms with Crippen LogP contribution in [0.5, 0.6) is 0 Å². The Morgan fingerprint density at radius 2 is 2.19 bits per heavy atom. The molecule has 0 bridgehead atoms. The van der Waals surface area contributed by atoms with Crippen LogP contribution in [0, 0.1) is 5.92 Å². The number of rotatable bonds is 5. The molecule has 1 N–H and O–H groups in total. The second kappa shape index (κ2) is 8.38. The number of cyclic esters (lactones) is 1. The van der Waals surface area contributed by atoms with E-state index in [1.165, 1.54) is 0 Å². The predicted molar refractivity (Wildman–Crippen MR) is 100 cm³/mol. The fraction of sp³-hybridized carbons (Fsp3) is 0.632. The largest absolute Gasteiger partial charge is 0.465 e. The number of amides is 1. The highest BCUT2D eigenvalue weighted by molar-refractivity contribution is 5.78. The summed E-state index contributed by atoms with van der Waals surface area (Å²) in [4.78, 5) is 32.0. The molecule has 2 saturated heterocycles. The average molecular weight is 360 g/mol. The maximum Gasteiger partial charge on any atom is 0.306 e. The molecule has 0 unspecified atom stereocenters. The van der Waals surface area contributed by atoms with Gasteiger partial charge in [0.15, 0.2) is 0 Å². The van der Waals surface area contributed by atoms with Crippen molar-refractivity contribution in [1.29, 1.82) is 0 Å². The maximum atomic E-state index is 12.5. The molecule has 2 fully saturated rings. The van der Waals surface area contributed by atoms with Crippen LogP contribution in [0.2, 0.25) is 0 Å². The number of likely N-dealkylation sites (tertiary alicyclic amines) is 1. The Morgan fingerprint density at radius 3 is 2.85 bits per heavy atom. The summed E-state index contributed by atoms with van der Waals surface area (Å²) < 4.78 is 4.96. The highest BCUT2D eigenvalue weighted by Gasteiger charge is 2.28. The van der Waals surface area contributed by atoms with Crippen LogP contribution in [0.15, 0.2) is 18.3 Å². The van der Waals surface area contributed by atoms with Crippen LogP contribution in [0.3, 0.4) is 0 Å². The number of carbonyl (C=O) groups is 2. The van der Waals surface area contributed by atoms with E-state index < -0.39 is 0 Å². The molecule has 0 aliphatic carbocycles. The first-order chi connectivity index (χ1) is 12.5. The van der Waals surface area contributed by atoms with E-state index >= 15 is 0 Å². The number of pyridine rings is 1. The number of hydrogen-bond donors (Lipinski definition) is 1. The molecule has 0 radical (unpaired) electrons. The van der Waals surface area contributed by atoms with E-state index in [1.807, 2.05) is 42.2 Å². The third-order valence-corrected chi connectivity index (χ3v) is 5.06. The Labute approximate surface area is 154 Å². The molecule has 3 heterocycles. The van der Waals surface area contributed by atoms with Crippen molar-refractivity contribution in [1.82, 2.24) is 9.88 Å². The monoisotopic (exact) mass is 360 g/mol. The number of esters is 1. The van der Waals surface area contributed by atoms with Crippen molar-refractivity contribution in [3.63, 3.8) is 0 Å². The summed E-state index contributed by atoms with van der Waals surface area (Å²) in [6.45, 7) is 1.93. The Morgan fingerprint density at radius 1 is 1.35 bits per heavy atom. The molecule has 0 spiro atoms. The number of carbonyl (C=O) groups excluding carboxylic acids is 2. The lowest BCUT2D eigenvalue weighted by molar-refractivity contribution is -0.138. The Kier molecular flexibility index (Phi) is 5.96. The molecule has 142 valence electrons. The average Bonchev–Trinajstić information content (AvgIpc) is 2.88. The fourth-order valence-corrected chi connectivity index (χ4v) is 3.53. The fourth-order valence-electron chi connectivity index (χ4n) is 3.53. The highest BCUT2D eigenvalue weighted by atomic mass is 16.5. The molecule has 1 amide bonds. The maximum absolute atomic E-state index is 12.5. The number of aromatic nitrogens is 1. The topological polar surface area (TPSA) is 74.8 Å². The lowest BCUT2D eigenvalue weighted by atomic mass is 10.0. The summed E-state index contributed by atoms with van der Waals surface area (Å²) in [6, 6.07) is 4.39. The van der Waals surface area contributed by atoms with E-state index in [1.54, 1.807) is 0 Å². The molecular weight excluding hydrogens is 332 g/mol. The van der Waals surface area contributed by atoms with Gasteiger partial charge in [0.25, 0.3) is 0 Å². The van der Waals surface area contributed by atoms with Crippen molar-refractivity contribution in [2.75, 3.05) is 44.0 Å². The van der Waals surface area contributed by atoms with E-state index in [9.17, 15) is 9.59 Å². The summed E-state index contributed by atoms with van der Waals surface area (Å²) in [5.74, 6) is 0.943. The molecule has 2 aliphatic rings. The zero-order valence-electron chi connectivity index (χ0n) is 15.6. The van der Waals surface area contributed by atoms with Crippen LogP contribution >= 0.6 is 0 Å². The van der Waals surface area contributed by atoms with Crippen molar-refractivity contribution < 1.29 is 14.3 Å². The third kappa shape index (κ3) is 4.86. The number of anilines is 2. The molecule has 2 atom stereocenters. The van der Waals surface area contributed by atoms with Gasteiger partial charge < -0.3 is 19.9 Å². The predicted octanol–water partition coefficient (Wildman–Crippen LogP) is 1.89. The van der Waals surface area contributed by atoms with Crippen LogP contribution in [0.4, 0.5) is 11.5 Å². The minimum Gasteiger partial charge on any atom is -0.465 e. The summed E-state index contributed by atoms with van der Waals surface area (Å²) in [5, 5.41) is 3.54. The quantitative estimate of drug-likeness (QED) is 0.809. The zero-order valence-corrected chi connectivity index (χ0v) is 15.6. The molecule has 1 aromatic rings. The molecule has 2 aliphatic heterocycles. The normalized spacial score (nSPS) is 23.3. The lowest BCUT2D eigenvalue weighted by Gasteiger charge is -2.22. The minimum absolute atomic E-state index is 0.0495. The second-order valence-electron chi connectivity index (χ2n) is 7.41. The molecule has 3 rings (SSSR count). The van der Waals surface area contributed by atoms with Crippen LogP contribution in [0.25, 0.3) is 0 Å². The first-order valence-corrected chi connectivity index (χ1v) is 9.34. The Balaban J connectivity index is 1.48. The van der Waals surface area contributed by atoms with Crippen LogP contribution in [0.1, 0.15) is 32.1 Å². The van der Waals surface area contributed by atoms with Gasteiger partial charge in [-0.3, -0.25) is 9.59 Å². The van der Waals surface area contributed by atoms with Gasteiger partial charge in [0.05, 0.1) is 24.9 Å². The van der Waals surface area contributed by atoms with Gasteiger partial charge in [-0.15, -0.1) is 0 Å². The van der Waals surface area contributed by atoms with Gasteiger partial charge in [-0.2, -0.15) is 0 Å². The van der Waals surface area contributed by atoms with Gasteiger partial charge in [0.1, 0.15) is 5.82 Å². The van der Waals surface area contributed by atoms with Crippen molar-refractivity contribution in [3.05, 3.63) is 18.3 Å². The molecule has 7 heteroatoms. The molecule has 0 aromatic carbocycles. The SMILES string of the molecule is CN(C)c1ccc(N[C@H]2CCCN(C(=O)C[C@@H]3COC(=O)C3)CC2)cn1. The van der Waals surface area contributed by atoms with Crippen LogP contribution in [-0.4, -0.2) is 61.6 Å². The second-order valence-corrected chi connectivity index (χ2v) is 7.41. The molecule has 0 saturated carbocycles. The summed E-state index contributed by atoms with van der Waals surface area (Å²) in [5.41, 5.74) is 1.02. The van der Waals surface area contributed by atoms with Crippen molar-refractivity contribution in [2.24, 2.45) is 5.92 Å². The van der Waals surface area contributed by atoms with Crippen molar-refractivity contribution in [3.8, 4) is 0 Å². The van der Waals surface area contributed by atoms with E-state index in [2.05, 4.69) is 10.3 Å². The summed E-state index contributed by atoms with van der Waals surface area (Å²) >= 11 is 0. The molecular formula is C19H28N4O3. The number of hydrogen-bond acceptors (Lipinski definition) is 6. The van der Waals surface area contributed by atoms with Gasteiger partial charge in [-0.1, -0.05) is 0 Å². The summed E-state index contributed by atoms with van der Waals surface area (Å²) in [6.07, 6.45) is 5.58. The lowest BCUT2D eigenvalue weighted by Crippen LogP contribution is -2.34. The third-order valence-electron chi connectivity index (χ3n) is 5.06. The minimum atomic E-state index is -0.183. The Bertz CT molecular complexity index is 632. The van der Waals surface area contributed by atoms with Gasteiger partial charge >= 0.3 is 5.97 Å². The van der Waals surface area contributed by atoms with Crippen molar-refractivity contribution in [2.45, 2.75) is 38.1 Å². The van der Waals surface area contributed by atoms with Crippen LogP contribution < -0.4 is 10.2 Å². The standard InChI is InChI=1S/C19H28N4O3/c1-22(2)17-6-5-16(12-20-17)21-15-4-3-8-23(9-7-15)18(24)10-14-11-19(25)26-13-14/h5-6,12,14-15,21H,3-4,7-11,13H2,1-2H3/t14-,15-/m0/s1. The van der Waals surface area contributed by atoms with Gasteiger partial charge in [-0.25, -0.2) is 4.98 Å². The number of ether oxygens (including phenoxy) is 1. The van der Waals surface area contributed by atoms with Gasteiger partial charge in [-0.05, 0) is 31.4 Å². The molecule has 7 nitrogen and oxygen atoms in total. The first-order valence-electron chi connectivity index (χ1n) is 9.34. The van der Waals surface area contributed by atoms with Crippen LogP contribution in [-0.2, 0) is 14.3 Å². The zero-order chi connectivity index (χ0) is 18.5. The summed E-state index contributed by atoms with van der Waals surface area (Å²) in [7, 11) is 3.94. The smallest absolute Gasteiger partial charge is 0.306 e. The first kappa shape index (κ1) is 18.5. The number of nitrogens with zero attached hydrogens (tertiary/aromatic N) is 3. The molecule has 1 aromatic heterocycles. The number of nitrogens with one attached hydrogen (secondary N) is 1. The highest BCUT2D eigenvalue weighted by Crippen LogP contribution is 2.22. The van der Waals surface area contributed by atoms with E-state index in [0.29, 0.717) is 25.5 Å². The molecule has 26 heavy (non-hydrogen) atoms. The van der Waals surface area contributed by atoms with E-state index in [0.717, 1.165) is 43.9 Å². The van der Waals surface area contributed by atoms with Crippen molar-refractivity contribution >= 4 is 23.4 Å². The van der Waals surface area contributed by atoms with E-state index in [-0.39, 0.29) is 17.8 Å². The van der Waals surface area contributed by atoms with Gasteiger partial charge in [0, 0.05) is 45.6 Å². The van der Waals surface area contributed by atoms with Gasteiger partial charge in [0.2, 0.25) is 5.91 Å². The Hall–Kier alpha value is -2.31.